The third-order valence-electron chi connectivity index (χ3n) is 1.96. The molecule has 1 radical (unpaired) electrons. The van der Waals surface area contributed by atoms with Crippen LogP contribution in [0.15, 0.2) is 25.6 Å². The Morgan fingerprint density at radius 3 is 2.33 bits per heavy atom. The minimum absolute atomic E-state index is 0.453. The molecular weight excluding hydrogens is 520 g/mol. The Hall–Kier alpha value is 1.62. The fraction of sp³-hybridized carbons (Fsp3) is 0.300. The largest absolute Gasteiger partial charge is 0.0924 e. The second-order valence-electron chi connectivity index (χ2n) is 3.13. The average Bonchev–Trinajstić information content (AvgIpc) is 2.24. The van der Waals surface area contributed by atoms with Crippen LogP contribution in [0.4, 0.5) is 0 Å². The van der Waals surface area contributed by atoms with E-state index in [9.17, 15) is 0 Å². The molecule has 5 heteroatoms. The van der Waals surface area contributed by atoms with E-state index in [1.165, 1.54) is 10.4 Å². The number of rotatable bonds is 3. The van der Waals surface area contributed by atoms with E-state index in [0.29, 0.717) is 5.92 Å². The standard InChI is InChI=1S/C10H8Br5/c1-5(4-11)8(13)6-2-3-7(12)10(15)9(6)14/h2-3,5H,4H2,1H3. The number of hydrogen-bond donors (Lipinski definition) is 0. The van der Waals surface area contributed by atoms with E-state index in [0.717, 1.165) is 18.7 Å². The second-order valence-corrected chi connectivity index (χ2v) is 7.07. The molecule has 1 rings (SSSR count). The van der Waals surface area contributed by atoms with Crippen molar-refractivity contribution in [2.24, 2.45) is 5.92 Å². The number of benzene rings is 1. The molecule has 0 bridgehead atoms. The fourth-order valence-corrected chi connectivity index (χ4v) is 4.06. The summed E-state index contributed by atoms with van der Waals surface area (Å²) < 4.78 is 3.15. The molecule has 0 fully saturated rings. The summed E-state index contributed by atoms with van der Waals surface area (Å²) in [5.74, 6) is 0.453. The Labute approximate surface area is 132 Å². The maximum absolute atomic E-state index is 3.64. The summed E-state index contributed by atoms with van der Waals surface area (Å²) in [6.07, 6.45) is 0. The van der Waals surface area contributed by atoms with E-state index < -0.39 is 0 Å². The highest BCUT2D eigenvalue weighted by Gasteiger charge is 2.20. The van der Waals surface area contributed by atoms with Crippen molar-refractivity contribution in [2.45, 2.75) is 6.92 Å². The minimum atomic E-state index is 0.453. The van der Waals surface area contributed by atoms with Crippen molar-refractivity contribution in [3.05, 3.63) is 35.9 Å². The van der Waals surface area contributed by atoms with E-state index >= 15 is 0 Å². The summed E-state index contributed by atoms with van der Waals surface area (Å²) in [7, 11) is 0. The van der Waals surface area contributed by atoms with E-state index in [-0.39, 0.29) is 0 Å². The molecule has 83 valence electrons. The van der Waals surface area contributed by atoms with Crippen LogP contribution in [-0.4, -0.2) is 5.33 Å². The van der Waals surface area contributed by atoms with Gasteiger partial charge in [0.1, 0.15) is 0 Å². The molecule has 0 spiro atoms. The fourth-order valence-electron chi connectivity index (χ4n) is 1.04. The highest BCUT2D eigenvalue weighted by molar-refractivity contribution is 9.14. The Morgan fingerprint density at radius 1 is 1.20 bits per heavy atom. The van der Waals surface area contributed by atoms with Crippen molar-refractivity contribution in [2.75, 3.05) is 5.33 Å². The van der Waals surface area contributed by atoms with Gasteiger partial charge in [0, 0.05) is 18.7 Å². The Balaban J connectivity index is 3.10. The lowest BCUT2D eigenvalue weighted by Crippen LogP contribution is -2.06. The zero-order valence-electron chi connectivity index (χ0n) is 7.83. The summed E-state index contributed by atoms with van der Waals surface area (Å²) >= 11 is 17.7. The van der Waals surface area contributed by atoms with Crippen LogP contribution in [0.1, 0.15) is 12.5 Å². The Bertz CT molecular complexity index is 350. The van der Waals surface area contributed by atoms with E-state index in [4.69, 9.17) is 0 Å². The number of alkyl halides is 1. The summed E-state index contributed by atoms with van der Waals surface area (Å²) in [5, 5.41) is 0.938. The SMILES string of the molecule is CC(CBr)[C](Br)c1ccc(Br)c(Br)c1Br. The van der Waals surface area contributed by atoms with Crippen LogP contribution in [0.3, 0.4) is 0 Å². The van der Waals surface area contributed by atoms with E-state index in [1.54, 1.807) is 0 Å². The van der Waals surface area contributed by atoms with Crippen LogP contribution in [0.2, 0.25) is 0 Å². The van der Waals surface area contributed by atoms with Gasteiger partial charge in [-0.3, -0.25) is 0 Å². The molecule has 1 aromatic rings. The summed E-state index contributed by atoms with van der Waals surface area (Å²) in [6.45, 7) is 2.17. The minimum Gasteiger partial charge on any atom is -0.0924 e. The van der Waals surface area contributed by atoms with E-state index in [1.807, 2.05) is 6.07 Å². The van der Waals surface area contributed by atoms with Gasteiger partial charge in [0.05, 0.1) is 4.83 Å². The zero-order chi connectivity index (χ0) is 11.6. The van der Waals surface area contributed by atoms with Crippen LogP contribution in [0.25, 0.3) is 0 Å². The van der Waals surface area contributed by atoms with Gasteiger partial charge in [-0.1, -0.05) is 44.8 Å². The summed E-state index contributed by atoms with van der Waals surface area (Å²) in [5.41, 5.74) is 1.18. The van der Waals surface area contributed by atoms with E-state index in [2.05, 4.69) is 92.6 Å². The highest BCUT2D eigenvalue weighted by atomic mass is 79.9. The van der Waals surface area contributed by atoms with Gasteiger partial charge in [0.2, 0.25) is 0 Å². The van der Waals surface area contributed by atoms with Gasteiger partial charge in [-0.25, -0.2) is 0 Å². The van der Waals surface area contributed by atoms with Crippen LogP contribution in [0.5, 0.6) is 0 Å². The zero-order valence-corrected chi connectivity index (χ0v) is 15.8. The van der Waals surface area contributed by atoms with Crippen LogP contribution < -0.4 is 0 Å². The van der Waals surface area contributed by atoms with Crippen LogP contribution in [0, 0.1) is 10.7 Å². The van der Waals surface area contributed by atoms with Crippen molar-refractivity contribution < 1.29 is 0 Å². The molecule has 0 aliphatic carbocycles. The smallest absolute Gasteiger partial charge is 0.0747 e. The average molecular weight is 528 g/mol. The summed E-state index contributed by atoms with van der Waals surface area (Å²) in [4.78, 5) is 1.19. The predicted octanol–water partition coefficient (Wildman–Crippen LogP) is 6.28. The lowest BCUT2D eigenvalue weighted by molar-refractivity contribution is 0.778. The Kier molecular flexibility index (Phi) is 6.39. The van der Waals surface area contributed by atoms with Gasteiger partial charge in [0.25, 0.3) is 0 Å². The maximum Gasteiger partial charge on any atom is 0.0747 e. The highest BCUT2D eigenvalue weighted by Crippen LogP contribution is 2.41. The van der Waals surface area contributed by atoms with Crippen molar-refractivity contribution in [1.29, 1.82) is 0 Å². The van der Waals surface area contributed by atoms with Gasteiger partial charge in [-0.2, -0.15) is 0 Å². The molecular formula is C10H8Br5. The van der Waals surface area contributed by atoms with Gasteiger partial charge in [-0.15, -0.1) is 0 Å². The molecule has 0 aliphatic heterocycles. The van der Waals surface area contributed by atoms with Gasteiger partial charge in [-0.05, 0) is 65.3 Å². The molecule has 15 heavy (non-hydrogen) atoms. The van der Waals surface area contributed by atoms with Crippen molar-refractivity contribution >= 4 is 79.6 Å². The van der Waals surface area contributed by atoms with Crippen LogP contribution >= 0.6 is 79.6 Å². The molecule has 1 unspecified atom stereocenters. The maximum atomic E-state index is 3.64. The molecule has 0 saturated carbocycles. The van der Waals surface area contributed by atoms with Crippen molar-refractivity contribution in [1.82, 2.24) is 0 Å². The van der Waals surface area contributed by atoms with Gasteiger partial charge >= 0.3 is 0 Å². The molecule has 0 aromatic heterocycles. The number of hydrogen-bond acceptors (Lipinski definition) is 0. The molecule has 0 amide bonds. The molecule has 0 heterocycles. The molecule has 0 saturated heterocycles. The number of halogens is 5. The lowest BCUT2D eigenvalue weighted by atomic mass is 10.0. The first kappa shape index (κ1) is 14.7. The first-order valence-corrected chi connectivity index (χ1v) is 8.50. The first-order chi connectivity index (χ1) is 6.99. The topological polar surface area (TPSA) is 0 Å². The van der Waals surface area contributed by atoms with Crippen LogP contribution in [-0.2, 0) is 0 Å². The lowest BCUT2D eigenvalue weighted by Gasteiger charge is -2.18. The molecule has 1 aromatic carbocycles. The molecule has 0 nitrogen and oxygen atoms in total. The second kappa shape index (κ2) is 6.53. The van der Waals surface area contributed by atoms with Gasteiger partial charge in [0.15, 0.2) is 0 Å². The molecule has 0 N–H and O–H groups in total. The van der Waals surface area contributed by atoms with Crippen molar-refractivity contribution in [3.63, 3.8) is 0 Å². The third kappa shape index (κ3) is 3.54. The molecule has 0 aliphatic rings. The quantitative estimate of drug-likeness (QED) is 0.321. The summed E-state index contributed by atoms with van der Waals surface area (Å²) in [6, 6.07) is 4.12. The van der Waals surface area contributed by atoms with Crippen molar-refractivity contribution in [3.8, 4) is 0 Å². The monoisotopic (exact) mass is 523 g/mol. The molecule has 1 atom stereocenters. The Morgan fingerprint density at radius 2 is 1.80 bits per heavy atom. The van der Waals surface area contributed by atoms with Gasteiger partial charge < -0.3 is 0 Å². The third-order valence-corrected chi connectivity index (χ3v) is 7.51. The normalized spacial score (nSPS) is 13.3. The first-order valence-electron chi connectivity index (χ1n) is 4.21. The predicted molar refractivity (Wildman–Crippen MR) is 83.8 cm³/mol.